The third-order valence-electron chi connectivity index (χ3n) is 4.20. The molecule has 1 heterocycles. The van der Waals surface area contributed by atoms with Crippen LogP contribution in [0.25, 0.3) is 6.08 Å². The maximum absolute atomic E-state index is 12.8. The Balaban J connectivity index is 1.64. The molecule has 3 aromatic carbocycles. The molecule has 1 N–H and O–H groups in total. The fraction of sp³-hybridized carbons (Fsp3) is 0. The van der Waals surface area contributed by atoms with E-state index in [4.69, 9.17) is 23.2 Å². The highest BCUT2D eigenvalue weighted by Crippen LogP contribution is 2.33. The lowest BCUT2D eigenvalue weighted by atomic mass is 10.2. The van der Waals surface area contributed by atoms with Crippen LogP contribution in [0.5, 0.6) is 0 Å². The zero-order chi connectivity index (χ0) is 20.4. The van der Waals surface area contributed by atoms with E-state index in [1.807, 2.05) is 48.5 Å². The number of anilines is 1. The molecular weight excluding hydrogens is 427 g/mol. The maximum Gasteiger partial charge on any atom is 0.333 e. The molecule has 29 heavy (non-hydrogen) atoms. The molecule has 1 fully saturated rings. The van der Waals surface area contributed by atoms with E-state index in [9.17, 15) is 9.59 Å². The molecule has 1 saturated heterocycles. The van der Waals surface area contributed by atoms with Crippen LogP contribution in [0.3, 0.4) is 0 Å². The molecule has 7 heteroatoms. The zero-order valence-electron chi connectivity index (χ0n) is 14.9. The summed E-state index contributed by atoms with van der Waals surface area (Å²) in [6.45, 7) is 0. The molecule has 0 aliphatic carbocycles. The van der Waals surface area contributed by atoms with E-state index in [2.05, 4.69) is 5.32 Å². The van der Waals surface area contributed by atoms with Crippen molar-refractivity contribution in [2.45, 2.75) is 9.79 Å². The summed E-state index contributed by atoms with van der Waals surface area (Å²) < 4.78 is 0. The Morgan fingerprint density at radius 1 is 0.862 bits per heavy atom. The second kappa shape index (κ2) is 8.33. The summed E-state index contributed by atoms with van der Waals surface area (Å²) in [7, 11) is 0. The Labute approximate surface area is 182 Å². The minimum Gasteiger partial charge on any atom is -0.302 e. The normalized spacial score (nSPS) is 15.1. The lowest BCUT2D eigenvalue weighted by molar-refractivity contribution is -0.113. The molecule has 0 radical (unpaired) electrons. The molecule has 0 atom stereocenters. The van der Waals surface area contributed by atoms with Gasteiger partial charge in [-0.2, -0.15) is 0 Å². The molecule has 4 nitrogen and oxygen atoms in total. The van der Waals surface area contributed by atoms with Crippen molar-refractivity contribution in [2.24, 2.45) is 0 Å². The highest BCUT2D eigenvalue weighted by atomic mass is 35.5. The number of nitrogens with zero attached hydrogens (tertiary/aromatic N) is 1. The SMILES string of the molecule is O=C1NC(=Cc2ccccc2Sc2ccc(Cl)cc2)C(=O)N1c1cccc(Cl)c1. The van der Waals surface area contributed by atoms with Gasteiger partial charge in [0.05, 0.1) is 5.69 Å². The van der Waals surface area contributed by atoms with Crippen LogP contribution in [0.4, 0.5) is 10.5 Å². The third kappa shape index (κ3) is 4.32. The van der Waals surface area contributed by atoms with Crippen molar-refractivity contribution in [3.8, 4) is 0 Å². The van der Waals surface area contributed by atoms with Crippen molar-refractivity contribution in [2.75, 3.05) is 4.90 Å². The average Bonchev–Trinajstić information content (AvgIpc) is 2.98. The summed E-state index contributed by atoms with van der Waals surface area (Å²) in [6, 6.07) is 21.3. The Morgan fingerprint density at radius 3 is 2.38 bits per heavy atom. The fourth-order valence-electron chi connectivity index (χ4n) is 2.86. The molecule has 0 saturated carbocycles. The number of nitrogens with one attached hydrogen (secondary N) is 1. The van der Waals surface area contributed by atoms with Gasteiger partial charge in [0, 0.05) is 19.8 Å². The fourth-order valence-corrected chi connectivity index (χ4v) is 4.09. The van der Waals surface area contributed by atoms with Crippen LogP contribution < -0.4 is 10.2 Å². The maximum atomic E-state index is 12.8. The van der Waals surface area contributed by atoms with Gasteiger partial charge in [-0.3, -0.25) is 4.79 Å². The van der Waals surface area contributed by atoms with E-state index in [1.165, 1.54) is 0 Å². The molecule has 0 bridgehead atoms. The molecule has 4 rings (SSSR count). The van der Waals surface area contributed by atoms with Crippen LogP contribution >= 0.6 is 35.0 Å². The first kappa shape index (κ1) is 19.6. The van der Waals surface area contributed by atoms with Crippen LogP contribution in [-0.2, 0) is 4.79 Å². The summed E-state index contributed by atoms with van der Waals surface area (Å²) in [6.07, 6.45) is 1.68. The number of benzene rings is 3. The Hall–Kier alpha value is -2.73. The second-order valence-electron chi connectivity index (χ2n) is 6.20. The molecule has 1 aliphatic rings. The number of amides is 3. The quantitative estimate of drug-likeness (QED) is 0.385. The summed E-state index contributed by atoms with van der Waals surface area (Å²) in [5, 5.41) is 3.77. The number of hydrogen-bond donors (Lipinski definition) is 1. The standard InChI is InChI=1S/C22H14Cl2N2O2S/c23-15-8-10-18(11-9-15)29-20-7-2-1-4-14(20)12-19-21(27)26(22(28)25-19)17-6-3-5-16(24)13-17/h1-13H,(H,25,28). The first-order chi connectivity index (χ1) is 14.0. The molecule has 0 unspecified atom stereocenters. The smallest absolute Gasteiger partial charge is 0.302 e. The van der Waals surface area contributed by atoms with Gasteiger partial charge in [-0.1, -0.05) is 59.2 Å². The second-order valence-corrected chi connectivity index (χ2v) is 8.19. The topological polar surface area (TPSA) is 49.4 Å². The number of hydrogen-bond acceptors (Lipinski definition) is 3. The van der Waals surface area contributed by atoms with E-state index < -0.39 is 11.9 Å². The zero-order valence-corrected chi connectivity index (χ0v) is 17.3. The third-order valence-corrected chi connectivity index (χ3v) is 5.79. The van der Waals surface area contributed by atoms with Crippen molar-refractivity contribution in [1.82, 2.24) is 5.32 Å². The number of imide groups is 1. The molecule has 3 aromatic rings. The van der Waals surface area contributed by atoms with E-state index in [0.717, 1.165) is 20.3 Å². The van der Waals surface area contributed by atoms with Gasteiger partial charge >= 0.3 is 6.03 Å². The van der Waals surface area contributed by atoms with Crippen molar-refractivity contribution in [3.05, 3.63) is 94.1 Å². The van der Waals surface area contributed by atoms with Crippen LogP contribution in [-0.4, -0.2) is 11.9 Å². The molecule has 3 amide bonds. The molecule has 1 aliphatic heterocycles. The lowest BCUT2D eigenvalue weighted by Gasteiger charge is -2.11. The summed E-state index contributed by atoms with van der Waals surface area (Å²) in [5.74, 6) is -0.427. The van der Waals surface area contributed by atoms with Crippen LogP contribution in [0.15, 0.2) is 88.3 Å². The molecule has 144 valence electrons. The van der Waals surface area contributed by atoms with Gasteiger partial charge in [0.25, 0.3) is 5.91 Å². The molecule has 0 spiro atoms. The molecular formula is C22H14Cl2N2O2S. The van der Waals surface area contributed by atoms with Gasteiger partial charge in [0.2, 0.25) is 0 Å². The summed E-state index contributed by atoms with van der Waals surface area (Å²) >= 11 is 13.5. The molecule has 0 aromatic heterocycles. The Morgan fingerprint density at radius 2 is 1.62 bits per heavy atom. The monoisotopic (exact) mass is 440 g/mol. The van der Waals surface area contributed by atoms with Gasteiger partial charge in [0.15, 0.2) is 0 Å². The minimum atomic E-state index is -0.508. The minimum absolute atomic E-state index is 0.208. The van der Waals surface area contributed by atoms with Gasteiger partial charge < -0.3 is 5.32 Å². The van der Waals surface area contributed by atoms with E-state index in [1.54, 1.807) is 42.1 Å². The highest BCUT2D eigenvalue weighted by molar-refractivity contribution is 7.99. The Kier molecular flexibility index (Phi) is 5.62. The predicted molar refractivity (Wildman–Crippen MR) is 117 cm³/mol. The lowest BCUT2D eigenvalue weighted by Crippen LogP contribution is -2.30. The van der Waals surface area contributed by atoms with Crippen LogP contribution in [0.1, 0.15) is 5.56 Å². The predicted octanol–water partition coefficient (Wildman–Crippen LogP) is 6.24. The van der Waals surface area contributed by atoms with Crippen LogP contribution in [0, 0.1) is 0 Å². The van der Waals surface area contributed by atoms with E-state index in [0.29, 0.717) is 15.7 Å². The summed E-state index contributed by atoms with van der Waals surface area (Å²) in [5.41, 5.74) is 1.45. The van der Waals surface area contributed by atoms with Crippen LogP contribution in [0.2, 0.25) is 10.0 Å². The van der Waals surface area contributed by atoms with Gasteiger partial charge in [-0.25, -0.2) is 9.69 Å². The van der Waals surface area contributed by atoms with Gasteiger partial charge in [-0.05, 0) is 60.2 Å². The number of carbonyl (C=O) groups is 2. The van der Waals surface area contributed by atoms with Crippen molar-refractivity contribution in [1.29, 1.82) is 0 Å². The van der Waals surface area contributed by atoms with E-state index >= 15 is 0 Å². The summed E-state index contributed by atoms with van der Waals surface area (Å²) in [4.78, 5) is 28.3. The van der Waals surface area contributed by atoms with Gasteiger partial charge in [-0.15, -0.1) is 0 Å². The van der Waals surface area contributed by atoms with Crippen molar-refractivity contribution < 1.29 is 9.59 Å². The van der Waals surface area contributed by atoms with Gasteiger partial charge in [0.1, 0.15) is 5.70 Å². The average molecular weight is 441 g/mol. The van der Waals surface area contributed by atoms with E-state index in [-0.39, 0.29) is 5.70 Å². The number of carbonyl (C=O) groups excluding carboxylic acids is 2. The first-order valence-corrected chi connectivity index (χ1v) is 10.2. The largest absolute Gasteiger partial charge is 0.333 e. The number of urea groups is 1. The highest BCUT2D eigenvalue weighted by Gasteiger charge is 2.35. The number of halogens is 2. The number of rotatable bonds is 4. The Bertz CT molecular complexity index is 1130. The first-order valence-electron chi connectivity index (χ1n) is 8.66. The van der Waals surface area contributed by atoms with Crippen molar-refractivity contribution in [3.63, 3.8) is 0 Å². The van der Waals surface area contributed by atoms with Crippen molar-refractivity contribution >= 4 is 58.7 Å².